The number of carboxylic acids is 1. The minimum absolute atomic E-state index is 0.100. The number of anilines is 1. The van der Waals surface area contributed by atoms with Crippen molar-refractivity contribution in [1.29, 1.82) is 0 Å². The van der Waals surface area contributed by atoms with Crippen molar-refractivity contribution in [1.82, 2.24) is 10.1 Å². The van der Waals surface area contributed by atoms with Crippen LogP contribution in [0.15, 0.2) is 22.7 Å². The molecule has 0 bridgehead atoms. The van der Waals surface area contributed by atoms with Crippen LogP contribution in [0.4, 0.5) is 5.69 Å². The Morgan fingerprint density at radius 1 is 1.12 bits per heavy atom. The number of rotatable bonds is 9. The van der Waals surface area contributed by atoms with Gasteiger partial charge in [-0.15, -0.1) is 0 Å². The van der Waals surface area contributed by atoms with Crippen LogP contribution >= 0.6 is 11.6 Å². The smallest absolute Gasteiger partial charge is 0.303 e. The second kappa shape index (κ2) is 11.2. The Morgan fingerprint density at radius 3 is 2.48 bits per heavy atom. The third kappa shape index (κ3) is 6.37. The number of carbonyl (C=O) groups is 3. The number of likely N-dealkylation sites (tertiary alicyclic amines) is 1. The molecule has 1 aliphatic heterocycles. The van der Waals surface area contributed by atoms with Crippen LogP contribution in [0, 0.1) is 24.2 Å². The quantitative estimate of drug-likeness (QED) is 0.357. The molecular formula is C31H40ClN3O5. The van der Waals surface area contributed by atoms with Gasteiger partial charge in [0.05, 0.1) is 28.7 Å². The lowest BCUT2D eigenvalue weighted by Crippen LogP contribution is -2.32. The van der Waals surface area contributed by atoms with Crippen molar-refractivity contribution < 1.29 is 24.0 Å². The van der Waals surface area contributed by atoms with Crippen molar-refractivity contribution in [3.05, 3.63) is 45.8 Å². The third-order valence-corrected chi connectivity index (χ3v) is 8.89. The van der Waals surface area contributed by atoms with E-state index in [0.717, 1.165) is 48.3 Å². The van der Waals surface area contributed by atoms with Gasteiger partial charge in [0.15, 0.2) is 0 Å². The zero-order valence-corrected chi connectivity index (χ0v) is 24.6. The maximum absolute atomic E-state index is 13.7. The number of carboxylic acid groups (broad SMARTS) is 1. The van der Waals surface area contributed by atoms with Crippen molar-refractivity contribution >= 4 is 35.1 Å². The number of benzene rings is 1. The average molecular weight is 570 g/mol. The molecule has 9 heteroatoms. The summed E-state index contributed by atoms with van der Waals surface area (Å²) in [5.74, 6) is -0.0389. The number of aliphatic carboxylic acids is 1. The molecule has 40 heavy (non-hydrogen) atoms. The molecule has 2 N–H and O–H groups in total. The van der Waals surface area contributed by atoms with Gasteiger partial charge in [-0.3, -0.25) is 14.4 Å². The summed E-state index contributed by atoms with van der Waals surface area (Å²) in [5, 5.41) is 17.1. The molecule has 216 valence electrons. The van der Waals surface area contributed by atoms with Crippen LogP contribution < -0.4 is 5.32 Å². The molecule has 8 nitrogen and oxygen atoms in total. The Labute approximate surface area is 240 Å². The van der Waals surface area contributed by atoms with Crippen molar-refractivity contribution in [3.63, 3.8) is 0 Å². The van der Waals surface area contributed by atoms with Gasteiger partial charge >= 0.3 is 5.97 Å². The van der Waals surface area contributed by atoms with E-state index in [1.807, 2.05) is 13.0 Å². The fraction of sp³-hybridized carbons (Fsp3) is 0.613. The average Bonchev–Trinajstić information content (AvgIpc) is 3.43. The first-order valence-corrected chi connectivity index (χ1v) is 14.8. The molecule has 2 atom stereocenters. The monoisotopic (exact) mass is 569 g/mol. The highest BCUT2D eigenvalue weighted by Crippen LogP contribution is 2.54. The predicted molar refractivity (Wildman–Crippen MR) is 153 cm³/mol. The summed E-state index contributed by atoms with van der Waals surface area (Å²) < 4.78 is 6.06. The van der Waals surface area contributed by atoms with Crippen molar-refractivity contribution in [2.75, 3.05) is 18.4 Å². The number of hydrogen-bond acceptors (Lipinski definition) is 5. The van der Waals surface area contributed by atoms with E-state index in [1.165, 1.54) is 6.42 Å². The van der Waals surface area contributed by atoms with Crippen LogP contribution in [0.25, 0.3) is 0 Å². The molecule has 0 radical (unpaired) electrons. The minimum atomic E-state index is -1.02. The molecule has 0 spiro atoms. The number of nitrogens with one attached hydrogen (secondary N) is 1. The summed E-state index contributed by atoms with van der Waals surface area (Å²) in [5.41, 5.74) is 3.75. The Morgan fingerprint density at radius 2 is 1.85 bits per heavy atom. The van der Waals surface area contributed by atoms with E-state index in [9.17, 15) is 14.4 Å². The summed E-state index contributed by atoms with van der Waals surface area (Å²) in [7, 11) is 0. The first-order valence-electron chi connectivity index (χ1n) is 14.5. The van der Waals surface area contributed by atoms with Gasteiger partial charge in [-0.25, -0.2) is 0 Å². The van der Waals surface area contributed by atoms with E-state index in [4.69, 9.17) is 21.2 Å². The van der Waals surface area contributed by atoms with E-state index >= 15 is 0 Å². The van der Waals surface area contributed by atoms with Crippen molar-refractivity contribution in [2.24, 2.45) is 17.3 Å². The molecule has 5 rings (SSSR count). The first-order chi connectivity index (χ1) is 18.9. The van der Waals surface area contributed by atoms with E-state index in [1.54, 1.807) is 17.0 Å². The molecule has 1 saturated heterocycles. The highest BCUT2D eigenvalue weighted by molar-refractivity contribution is 6.33. The number of hydrogen-bond donors (Lipinski definition) is 2. The van der Waals surface area contributed by atoms with Gasteiger partial charge in [-0.05, 0) is 74.0 Å². The Bertz CT molecular complexity index is 1290. The summed E-state index contributed by atoms with van der Waals surface area (Å²) in [6.45, 7) is 9.27. The van der Waals surface area contributed by atoms with Gasteiger partial charge in [0, 0.05) is 36.9 Å². The van der Waals surface area contributed by atoms with Gasteiger partial charge < -0.3 is 19.8 Å². The highest BCUT2D eigenvalue weighted by Gasteiger charge is 2.47. The number of nitrogens with zero attached hydrogens (tertiary/aromatic N) is 2. The van der Waals surface area contributed by atoms with Gasteiger partial charge in [0.25, 0.3) is 0 Å². The summed E-state index contributed by atoms with van der Waals surface area (Å²) in [4.78, 5) is 39.4. The molecule has 2 amide bonds. The standard InChI is InChI=1S/C31H40ClN3O5/c1-17-5-8-24(23(32)11-17)33-30(39)22-16-35(25(36)9-10-26(37)38)15-21(22)28-27(19-6-7-19)29(40-34-28)20-12-18(13-20)14-31(2,3)4/h5,8,11,18-22H,6-7,9-10,12-16H2,1-4H3,(H,33,39)(H,37,38)/t18-,20+,21-,22-/m0/s1. The SMILES string of the molecule is Cc1ccc(NC(=O)[C@H]2CN(C(=O)CCC(=O)O)C[C@@H]2c2noc([C@H]3C[C@@H](CC(C)(C)C)C3)c2C2CC2)c(Cl)c1. The van der Waals surface area contributed by atoms with Crippen LogP contribution in [0.5, 0.6) is 0 Å². The van der Waals surface area contributed by atoms with E-state index in [-0.39, 0.29) is 37.1 Å². The predicted octanol–water partition coefficient (Wildman–Crippen LogP) is 6.49. The molecule has 2 heterocycles. The van der Waals surface area contributed by atoms with Crippen LogP contribution in [-0.4, -0.2) is 46.0 Å². The van der Waals surface area contributed by atoms with Crippen LogP contribution in [0.1, 0.15) is 106 Å². The fourth-order valence-corrected chi connectivity index (χ4v) is 6.80. The summed E-state index contributed by atoms with van der Waals surface area (Å²) >= 11 is 6.41. The minimum Gasteiger partial charge on any atom is -0.481 e. The van der Waals surface area contributed by atoms with E-state index in [0.29, 0.717) is 40.4 Å². The molecule has 2 aromatic rings. The van der Waals surface area contributed by atoms with Crippen molar-refractivity contribution in [2.45, 2.75) is 90.4 Å². The second-order valence-corrected chi connectivity index (χ2v) is 13.7. The van der Waals surface area contributed by atoms with Gasteiger partial charge in [0.1, 0.15) is 5.76 Å². The van der Waals surface area contributed by atoms with Gasteiger partial charge in [-0.1, -0.05) is 43.6 Å². The van der Waals surface area contributed by atoms with Gasteiger partial charge in [-0.2, -0.15) is 0 Å². The molecule has 2 saturated carbocycles. The normalized spacial score (nSPS) is 24.6. The number of carbonyl (C=O) groups excluding carboxylic acids is 2. The number of halogens is 1. The third-order valence-electron chi connectivity index (χ3n) is 8.57. The summed E-state index contributed by atoms with van der Waals surface area (Å²) in [6, 6.07) is 5.46. The largest absolute Gasteiger partial charge is 0.481 e. The van der Waals surface area contributed by atoms with Crippen LogP contribution in [0.2, 0.25) is 5.02 Å². The lowest BCUT2D eigenvalue weighted by molar-refractivity contribution is -0.140. The molecule has 3 fully saturated rings. The molecule has 2 aliphatic carbocycles. The number of amides is 2. The summed E-state index contributed by atoms with van der Waals surface area (Å²) in [6.07, 6.45) is 5.17. The van der Waals surface area contributed by atoms with Crippen LogP contribution in [-0.2, 0) is 14.4 Å². The van der Waals surface area contributed by atoms with E-state index in [2.05, 4.69) is 31.2 Å². The second-order valence-electron chi connectivity index (χ2n) is 13.3. The first kappa shape index (κ1) is 28.7. The van der Waals surface area contributed by atoms with Gasteiger partial charge in [0.2, 0.25) is 11.8 Å². The molecule has 0 unspecified atom stereocenters. The zero-order chi connectivity index (χ0) is 28.8. The van der Waals surface area contributed by atoms with Crippen molar-refractivity contribution in [3.8, 4) is 0 Å². The fourth-order valence-electron chi connectivity index (χ4n) is 6.52. The molecule has 1 aromatic carbocycles. The molecule has 3 aliphatic rings. The number of aryl methyl sites for hydroxylation is 1. The Hall–Kier alpha value is -2.87. The van der Waals surface area contributed by atoms with Crippen LogP contribution in [0.3, 0.4) is 0 Å². The molecule has 1 aromatic heterocycles. The number of aromatic nitrogens is 1. The Balaban J connectivity index is 1.40. The maximum atomic E-state index is 13.7. The topological polar surface area (TPSA) is 113 Å². The van der Waals surface area contributed by atoms with E-state index < -0.39 is 11.9 Å². The Kier molecular flexibility index (Phi) is 8.01. The highest BCUT2D eigenvalue weighted by atomic mass is 35.5. The lowest BCUT2D eigenvalue weighted by atomic mass is 9.66. The molecular weight excluding hydrogens is 530 g/mol. The zero-order valence-electron chi connectivity index (χ0n) is 23.8. The maximum Gasteiger partial charge on any atom is 0.303 e. The lowest BCUT2D eigenvalue weighted by Gasteiger charge is -2.38.